The van der Waals surface area contributed by atoms with Gasteiger partial charge in [0.2, 0.25) is 0 Å². The fraction of sp³-hybridized carbons (Fsp3) is 0.361. The Morgan fingerprint density at radius 3 is 2.48 bits per heavy atom. The molecule has 0 unspecified atom stereocenters. The summed E-state index contributed by atoms with van der Waals surface area (Å²) < 4.78 is 14.3. The average molecular weight is 563 g/mol. The molecule has 1 amide bonds. The summed E-state index contributed by atoms with van der Waals surface area (Å²) in [7, 11) is 0. The highest BCUT2D eigenvalue weighted by molar-refractivity contribution is 6.07. The molecule has 2 aliphatic heterocycles. The number of nitrogens with one attached hydrogen (secondary N) is 2. The van der Waals surface area contributed by atoms with E-state index in [1.807, 2.05) is 11.0 Å². The van der Waals surface area contributed by atoms with Gasteiger partial charge in [-0.2, -0.15) is 0 Å². The van der Waals surface area contributed by atoms with Gasteiger partial charge in [-0.1, -0.05) is 73.9 Å². The molecule has 42 heavy (non-hydrogen) atoms. The quantitative estimate of drug-likeness (QED) is 0.253. The van der Waals surface area contributed by atoms with Gasteiger partial charge in [-0.25, -0.2) is 4.39 Å². The van der Waals surface area contributed by atoms with Crippen molar-refractivity contribution in [2.75, 3.05) is 18.0 Å². The van der Waals surface area contributed by atoms with Gasteiger partial charge in [0, 0.05) is 55.3 Å². The van der Waals surface area contributed by atoms with Crippen LogP contribution < -0.4 is 10.2 Å². The van der Waals surface area contributed by atoms with Crippen LogP contribution in [0.4, 0.5) is 10.1 Å². The highest BCUT2D eigenvalue weighted by atomic mass is 19.1. The van der Waals surface area contributed by atoms with Crippen LogP contribution in [0, 0.1) is 5.82 Å². The van der Waals surface area contributed by atoms with E-state index in [1.54, 1.807) is 12.1 Å². The first-order valence-electron chi connectivity index (χ1n) is 15.5. The predicted octanol–water partition coefficient (Wildman–Crippen LogP) is 7.09. The average Bonchev–Trinajstić information content (AvgIpc) is 3.53. The number of benzene rings is 3. The molecular weight excluding hydrogens is 523 g/mol. The summed E-state index contributed by atoms with van der Waals surface area (Å²) in [6.45, 7) is 2.56. The van der Waals surface area contributed by atoms with E-state index in [-0.39, 0.29) is 11.7 Å². The number of aromatic nitrogens is 1. The number of nitrogens with zero attached hydrogens (tertiary/aromatic N) is 2. The molecule has 3 aromatic carbocycles. The summed E-state index contributed by atoms with van der Waals surface area (Å²) in [6.07, 6.45) is 10.3. The van der Waals surface area contributed by atoms with Crippen molar-refractivity contribution in [2.45, 2.75) is 69.5 Å². The number of amides is 1. The van der Waals surface area contributed by atoms with Gasteiger partial charge in [-0.15, -0.1) is 0 Å². The largest absolute Gasteiger partial charge is 0.384 e. The molecule has 2 N–H and O–H groups in total. The van der Waals surface area contributed by atoms with E-state index >= 15 is 0 Å². The molecule has 2 fully saturated rings. The number of aromatic amines is 1. The maximum absolute atomic E-state index is 14.3. The molecule has 0 radical (unpaired) electrons. The smallest absolute Gasteiger partial charge is 0.253 e. The molecule has 0 atom stereocenters. The molecular formula is C36H39FN4O. The number of rotatable bonds is 7. The number of fused-ring (bicyclic) bond motifs is 1. The van der Waals surface area contributed by atoms with Gasteiger partial charge in [0.1, 0.15) is 5.82 Å². The number of likely N-dealkylation sites (tertiary alicyclic amines) is 1. The summed E-state index contributed by atoms with van der Waals surface area (Å²) in [6, 6.07) is 26.3. The Kier molecular flexibility index (Phi) is 7.32. The minimum Gasteiger partial charge on any atom is -0.384 e. The number of piperidine rings is 1. The lowest BCUT2D eigenvalue weighted by Crippen LogP contribution is -2.58. The Morgan fingerprint density at radius 2 is 1.69 bits per heavy atom. The number of hydrogen-bond donors (Lipinski definition) is 2. The first-order valence-corrected chi connectivity index (χ1v) is 15.5. The van der Waals surface area contributed by atoms with Crippen LogP contribution in [0.1, 0.15) is 61.8 Å². The number of H-pyrrole nitrogens is 1. The van der Waals surface area contributed by atoms with E-state index in [0.717, 1.165) is 57.4 Å². The molecule has 1 aliphatic carbocycles. The zero-order valence-corrected chi connectivity index (χ0v) is 24.1. The van der Waals surface area contributed by atoms with E-state index in [0.29, 0.717) is 11.7 Å². The minimum atomic E-state index is -0.472. The van der Waals surface area contributed by atoms with Crippen LogP contribution in [-0.4, -0.2) is 40.5 Å². The van der Waals surface area contributed by atoms with Crippen molar-refractivity contribution in [3.8, 4) is 0 Å². The van der Waals surface area contributed by atoms with Crippen molar-refractivity contribution in [1.82, 2.24) is 15.2 Å². The van der Waals surface area contributed by atoms with Crippen LogP contribution in [0.3, 0.4) is 0 Å². The van der Waals surface area contributed by atoms with Crippen molar-refractivity contribution in [3.63, 3.8) is 0 Å². The Bertz CT molecular complexity index is 1600. The highest BCUT2D eigenvalue weighted by Crippen LogP contribution is 2.43. The number of carbonyl (C=O) groups is 1. The second-order valence-electron chi connectivity index (χ2n) is 12.3. The summed E-state index contributed by atoms with van der Waals surface area (Å²) >= 11 is 0. The topological polar surface area (TPSA) is 51.4 Å². The molecule has 1 spiro atoms. The number of halogens is 1. The van der Waals surface area contributed by atoms with Crippen LogP contribution in [0.5, 0.6) is 0 Å². The molecule has 0 bridgehead atoms. The fourth-order valence-corrected chi connectivity index (χ4v) is 7.42. The second-order valence-corrected chi connectivity index (χ2v) is 12.3. The van der Waals surface area contributed by atoms with E-state index in [1.165, 1.54) is 59.1 Å². The first-order chi connectivity index (χ1) is 20.6. The van der Waals surface area contributed by atoms with E-state index in [9.17, 15) is 9.18 Å². The van der Waals surface area contributed by atoms with Crippen molar-refractivity contribution < 1.29 is 9.18 Å². The molecule has 6 heteroatoms. The Balaban J connectivity index is 1.12. The molecule has 5 nitrogen and oxygen atoms in total. The standard InChI is InChI=1S/C36H39FN4O/c37-29-13-8-16-32(23-29)41-34(42)24-33(38-30-14-5-2-6-15-30)36(41)17-19-40(20-18-36)25-28-12-7-11-27-22-31(39-35(27)28)21-26-9-3-1-4-10-26/h1,3-4,7-13,16,22-24,30,38-39H,2,5-6,14-15,17-21,25H2. The number of anilines is 1. The lowest BCUT2D eigenvalue weighted by molar-refractivity contribution is -0.114. The number of hydrogen-bond acceptors (Lipinski definition) is 3. The van der Waals surface area contributed by atoms with Gasteiger partial charge in [0.15, 0.2) is 0 Å². The van der Waals surface area contributed by atoms with Crippen LogP contribution >= 0.6 is 0 Å². The van der Waals surface area contributed by atoms with Crippen LogP contribution in [0.2, 0.25) is 0 Å². The van der Waals surface area contributed by atoms with Crippen molar-refractivity contribution in [3.05, 3.63) is 113 Å². The predicted molar refractivity (Wildman–Crippen MR) is 167 cm³/mol. The molecule has 3 aliphatic rings. The maximum Gasteiger partial charge on any atom is 0.253 e. The van der Waals surface area contributed by atoms with Crippen LogP contribution in [0.25, 0.3) is 10.9 Å². The van der Waals surface area contributed by atoms with E-state index in [2.05, 4.69) is 69.8 Å². The third-order valence-electron chi connectivity index (χ3n) is 9.56. The van der Waals surface area contributed by atoms with Gasteiger partial charge < -0.3 is 10.3 Å². The zero-order chi connectivity index (χ0) is 28.5. The molecule has 7 rings (SSSR count). The number of carbonyl (C=O) groups excluding carboxylic acids is 1. The Morgan fingerprint density at radius 1 is 0.905 bits per heavy atom. The Hall–Kier alpha value is -3.90. The third-order valence-corrected chi connectivity index (χ3v) is 9.56. The van der Waals surface area contributed by atoms with Crippen molar-refractivity contribution in [1.29, 1.82) is 0 Å². The summed E-state index contributed by atoms with van der Waals surface area (Å²) in [5, 5.41) is 5.06. The second kappa shape index (κ2) is 11.4. The Labute approximate surface area is 247 Å². The first kappa shape index (κ1) is 27.0. The monoisotopic (exact) mass is 562 g/mol. The van der Waals surface area contributed by atoms with Crippen molar-refractivity contribution in [2.24, 2.45) is 0 Å². The lowest BCUT2D eigenvalue weighted by atomic mass is 9.82. The summed E-state index contributed by atoms with van der Waals surface area (Å²) in [4.78, 5) is 21.6. The van der Waals surface area contributed by atoms with E-state index < -0.39 is 5.54 Å². The van der Waals surface area contributed by atoms with Gasteiger partial charge in [0.05, 0.1) is 11.1 Å². The van der Waals surface area contributed by atoms with Crippen molar-refractivity contribution >= 4 is 22.5 Å². The van der Waals surface area contributed by atoms with Gasteiger partial charge in [-0.3, -0.25) is 14.6 Å². The highest BCUT2D eigenvalue weighted by Gasteiger charge is 2.50. The minimum absolute atomic E-state index is 0.0468. The number of para-hydroxylation sites is 1. The molecule has 3 heterocycles. The molecule has 4 aromatic rings. The van der Waals surface area contributed by atoms with E-state index in [4.69, 9.17) is 0 Å². The fourth-order valence-electron chi connectivity index (χ4n) is 7.42. The molecule has 216 valence electrons. The maximum atomic E-state index is 14.3. The zero-order valence-electron chi connectivity index (χ0n) is 24.1. The van der Waals surface area contributed by atoms with Crippen LogP contribution in [0.15, 0.2) is 90.6 Å². The van der Waals surface area contributed by atoms with Gasteiger partial charge in [0.25, 0.3) is 5.91 Å². The molecule has 1 aromatic heterocycles. The molecule has 1 saturated heterocycles. The SMILES string of the molecule is O=C1C=C(NC2CCCCC2)C2(CCN(Cc3cccc4cc(Cc5ccccc5)[nH]c34)CC2)N1c1cccc(F)c1. The normalized spacial score (nSPS) is 19.5. The van der Waals surface area contributed by atoms with Crippen LogP contribution in [-0.2, 0) is 17.8 Å². The molecule has 1 saturated carbocycles. The third kappa shape index (κ3) is 5.24. The van der Waals surface area contributed by atoms with Gasteiger partial charge >= 0.3 is 0 Å². The van der Waals surface area contributed by atoms with Gasteiger partial charge in [-0.05, 0) is 66.5 Å². The summed E-state index contributed by atoms with van der Waals surface area (Å²) in [5.41, 5.74) is 6.23. The summed E-state index contributed by atoms with van der Waals surface area (Å²) in [5.74, 6) is -0.360. The lowest BCUT2D eigenvalue weighted by Gasteiger charge is -2.47.